The minimum Gasteiger partial charge on any atom is -0.470 e. The van der Waals surface area contributed by atoms with Gasteiger partial charge < -0.3 is 14.6 Å². The smallest absolute Gasteiger partial charge is 0.232 e. The molecule has 0 bridgehead atoms. The number of aromatic nitrogens is 1. The maximum atomic E-state index is 5.14. The molecule has 0 unspecified atom stereocenters. The summed E-state index contributed by atoms with van der Waals surface area (Å²) in [6.07, 6.45) is 3.57. The summed E-state index contributed by atoms with van der Waals surface area (Å²) in [5, 5.41) is 2.48. The maximum absolute atomic E-state index is 5.14. The first-order valence-corrected chi connectivity index (χ1v) is 5.87. The summed E-state index contributed by atoms with van der Waals surface area (Å²) < 4.78 is 5.14. The number of benzene rings is 2. The fourth-order valence-corrected chi connectivity index (χ4v) is 2.45. The number of aromatic amines is 1. The molecule has 1 N–H and O–H groups in total. The molecule has 4 rings (SSSR count). The summed E-state index contributed by atoms with van der Waals surface area (Å²) in [6.45, 7) is 1.69. The lowest BCUT2D eigenvalue weighted by Crippen LogP contribution is -2.07. The zero-order valence-corrected chi connectivity index (χ0v) is 9.63. The van der Waals surface area contributed by atoms with Gasteiger partial charge in [-0.3, -0.25) is 0 Å². The van der Waals surface area contributed by atoms with Gasteiger partial charge in [0.2, 0.25) is 6.73 Å². The Morgan fingerprint density at radius 2 is 1.83 bits per heavy atom. The number of nitrogens with zero attached hydrogens (tertiary/aromatic N) is 1. The number of anilines is 1. The van der Waals surface area contributed by atoms with E-state index in [0.29, 0.717) is 0 Å². The number of nitrogens with one attached hydrogen (secondary N) is 1. The Morgan fingerprint density at radius 1 is 0.944 bits per heavy atom. The standard InChI is InChI=1S/C15H11N2O/c1-2-6-13-11(4-1)12-5-3-7-14(15(12)16-13)17-8-9-18-10-17/h1-10,16H. The maximum Gasteiger partial charge on any atom is 0.232 e. The highest BCUT2D eigenvalue weighted by molar-refractivity contribution is 6.11. The van der Waals surface area contributed by atoms with E-state index in [2.05, 4.69) is 41.4 Å². The van der Waals surface area contributed by atoms with Crippen LogP contribution in [-0.2, 0) is 4.74 Å². The van der Waals surface area contributed by atoms with Gasteiger partial charge in [0, 0.05) is 22.5 Å². The van der Waals surface area contributed by atoms with E-state index in [1.165, 1.54) is 10.8 Å². The largest absolute Gasteiger partial charge is 0.470 e. The summed E-state index contributed by atoms with van der Waals surface area (Å²) in [6, 6.07) is 14.6. The molecule has 87 valence electrons. The van der Waals surface area contributed by atoms with Crippen molar-refractivity contribution in [1.82, 2.24) is 4.98 Å². The van der Waals surface area contributed by atoms with Gasteiger partial charge in [-0.05, 0) is 12.1 Å². The molecule has 0 saturated carbocycles. The van der Waals surface area contributed by atoms with Gasteiger partial charge in [0.1, 0.15) is 6.26 Å². The van der Waals surface area contributed by atoms with Crippen LogP contribution in [0.3, 0.4) is 0 Å². The van der Waals surface area contributed by atoms with Crippen molar-refractivity contribution in [2.45, 2.75) is 0 Å². The summed E-state index contributed by atoms with van der Waals surface area (Å²) in [4.78, 5) is 5.44. The molecule has 1 aromatic heterocycles. The molecular weight excluding hydrogens is 224 g/mol. The Labute approximate surface area is 104 Å². The number of rotatable bonds is 1. The van der Waals surface area contributed by atoms with E-state index < -0.39 is 0 Å². The van der Waals surface area contributed by atoms with Crippen LogP contribution in [0.5, 0.6) is 0 Å². The molecule has 18 heavy (non-hydrogen) atoms. The van der Waals surface area contributed by atoms with Gasteiger partial charge in [0.25, 0.3) is 0 Å². The lowest BCUT2D eigenvalue weighted by atomic mass is 10.1. The van der Waals surface area contributed by atoms with Crippen LogP contribution in [0, 0.1) is 6.73 Å². The predicted octanol–water partition coefficient (Wildman–Crippen LogP) is 3.75. The normalized spacial score (nSPS) is 14.6. The minimum atomic E-state index is 1.09. The second kappa shape index (κ2) is 3.53. The number of H-pyrrole nitrogens is 1. The predicted molar refractivity (Wildman–Crippen MR) is 72.8 cm³/mol. The molecule has 3 nitrogen and oxygen atoms in total. The third-order valence-electron chi connectivity index (χ3n) is 3.27. The van der Waals surface area contributed by atoms with Gasteiger partial charge in [-0.25, -0.2) is 0 Å². The van der Waals surface area contributed by atoms with Crippen LogP contribution in [0.1, 0.15) is 0 Å². The zero-order chi connectivity index (χ0) is 11.9. The number of hydrogen-bond donors (Lipinski definition) is 1. The number of fused-ring (bicyclic) bond motifs is 3. The first kappa shape index (κ1) is 9.59. The fraction of sp³-hybridized carbons (Fsp3) is 0. The summed E-state index contributed by atoms with van der Waals surface area (Å²) >= 11 is 0. The highest BCUT2D eigenvalue weighted by Crippen LogP contribution is 2.33. The van der Waals surface area contributed by atoms with E-state index in [1.54, 1.807) is 13.0 Å². The topological polar surface area (TPSA) is 28.3 Å². The monoisotopic (exact) mass is 235 g/mol. The van der Waals surface area contributed by atoms with Crippen LogP contribution in [0.25, 0.3) is 21.8 Å². The SMILES string of the molecule is [CH]1OC=CN1c1cccc2c1[nH]c1ccccc12. The molecule has 1 aliphatic rings. The van der Waals surface area contributed by atoms with E-state index >= 15 is 0 Å². The average Bonchev–Trinajstić information content (AvgIpc) is 3.05. The molecule has 0 fully saturated rings. The van der Waals surface area contributed by atoms with Gasteiger partial charge in [-0.1, -0.05) is 30.3 Å². The van der Waals surface area contributed by atoms with Crippen LogP contribution in [-0.4, -0.2) is 4.98 Å². The molecule has 2 heterocycles. The van der Waals surface area contributed by atoms with Crippen LogP contribution in [0.2, 0.25) is 0 Å². The molecule has 0 spiro atoms. The Bertz CT molecular complexity index is 757. The zero-order valence-electron chi connectivity index (χ0n) is 9.63. The Balaban J connectivity index is 2.06. The van der Waals surface area contributed by atoms with Crippen molar-refractivity contribution in [3.8, 4) is 0 Å². The van der Waals surface area contributed by atoms with E-state index in [1.807, 2.05) is 17.2 Å². The molecule has 0 amide bonds. The Hall–Kier alpha value is -2.42. The molecule has 0 saturated heterocycles. The van der Waals surface area contributed by atoms with Crippen molar-refractivity contribution < 1.29 is 4.74 Å². The van der Waals surface area contributed by atoms with Gasteiger partial charge in [0.05, 0.1) is 11.2 Å². The minimum absolute atomic E-state index is 1.09. The quantitative estimate of drug-likeness (QED) is 0.695. The van der Waals surface area contributed by atoms with Gasteiger partial charge >= 0.3 is 0 Å². The first-order chi connectivity index (χ1) is 8.93. The van der Waals surface area contributed by atoms with Crippen LogP contribution < -0.4 is 4.90 Å². The molecule has 1 radical (unpaired) electrons. The molecule has 2 aromatic carbocycles. The van der Waals surface area contributed by atoms with Gasteiger partial charge in [0.15, 0.2) is 0 Å². The molecule has 3 aromatic rings. The van der Waals surface area contributed by atoms with Crippen LogP contribution in [0.4, 0.5) is 5.69 Å². The lowest BCUT2D eigenvalue weighted by Gasteiger charge is -2.13. The fourth-order valence-electron chi connectivity index (χ4n) is 2.45. The van der Waals surface area contributed by atoms with Crippen molar-refractivity contribution in [3.63, 3.8) is 0 Å². The second-order valence-corrected chi connectivity index (χ2v) is 4.30. The number of ether oxygens (including phenoxy) is 1. The molecule has 1 aliphatic heterocycles. The van der Waals surface area contributed by atoms with Gasteiger partial charge in [-0.2, -0.15) is 0 Å². The summed E-state index contributed by atoms with van der Waals surface area (Å²) in [5.41, 5.74) is 3.38. The Kier molecular flexibility index (Phi) is 1.88. The van der Waals surface area contributed by atoms with Crippen molar-refractivity contribution in [3.05, 3.63) is 61.7 Å². The summed E-state index contributed by atoms with van der Waals surface area (Å²) in [5.74, 6) is 0. The van der Waals surface area contributed by atoms with Crippen LogP contribution >= 0.6 is 0 Å². The van der Waals surface area contributed by atoms with Gasteiger partial charge in [-0.15, -0.1) is 0 Å². The number of para-hydroxylation sites is 2. The first-order valence-electron chi connectivity index (χ1n) is 5.87. The van der Waals surface area contributed by atoms with E-state index in [-0.39, 0.29) is 0 Å². The van der Waals surface area contributed by atoms with E-state index in [0.717, 1.165) is 16.7 Å². The average molecular weight is 235 g/mol. The van der Waals surface area contributed by atoms with E-state index in [9.17, 15) is 0 Å². The Morgan fingerprint density at radius 3 is 2.72 bits per heavy atom. The highest BCUT2D eigenvalue weighted by atomic mass is 16.5. The lowest BCUT2D eigenvalue weighted by molar-refractivity contribution is 0.356. The second-order valence-electron chi connectivity index (χ2n) is 4.30. The van der Waals surface area contributed by atoms with E-state index in [4.69, 9.17) is 4.74 Å². The van der Waals surface area contributed by atoms with Crippen molar-refractivity contribution in [1.29, 1.82) is 0 Å². The molecule has 0 aliphatic carbocycles. The third kappa shape index (κ3) is 1.24. The molecule has 3 heteroatoms. The van der Waals surface area contributed by atoms with Crippen molar-refractivity contribution in [2.75, 3.05) is 4.90 Å². The summed E-state index contributed by atoms with van der Waals surface area (Å²) in [7, 11) is 0. The third-order valence-corrected chi connectivity index (χ3v) is 3.27. The highest BCUT2D eigenvalue weighted by Gasteiger charge is 2.14. The van der Waals surface area contributed by atoms with Crippen LogP contribution in [0.15, 0.2) is 54.9 Å². The number of hydrogen-bond acceptors (Lipinski definition) is 2. The molecular formula is C15H11N2O. The van der Waals surface area contributed by atoms with Crippen molar-refractivity contribution in [2.24, 2.45) is 0 Å². The molecule has 0 atom stereocenters. The van der Waals surface area contributed by atoms with Crippen molar-refractivity contribution >= 4 is 27.5 Å².